The lowest BCUT2D eigenvalue weighted by Gasteiger charge is -2.09. The van der Waals surface area contributed by atoms with E-state index < -0.39 is 5.76 Å². The first kappa shape index (κ1) is 17.0. The lowest BCUT2D eigenvalue weighted by Crippen LogP contribution is -2.23. The van der Waals surface area contributed by atoms with Crippen LogP contribution in [0.25, 0.3) is 11.1 Å². The van der Waals surface area contributed by atoms with Gasteiger partial charge in [-0.05, 0) is 38.4 Å². The van der Waals surface area contributed by atoms with E-state index in [0.717, 1.165) is 0 Å². The minimum absolute atomic E-state index is 0.229. The molecule has 0 fully saturated rings. The molecule has 2 heterocycles. The summed E-state index contributed by atoms with van der Waals surface area (Å²) in [4.78, 5) is 26.3. The fourth-order valence-corrected chi connectivity index (χ4v) is 2.46. The van der Waals surface area contributed by atoms with Crippen LogP contribution in [-0.4, -0.2) is 36.0 Å². The monoisotopic (exact) mass is 344 g/mol. The van der Waals surface area contributed by atoms with Crippen molar-refractivity contribution in [2.75, 3.05) is 26.0 Å². The number of nitrogens with two attached hydrogens (primary N) is 1. The van der Waals surface area contributed by atoms with Gasteiger partial charge in [-0.2, -0.15) is 0 Å². The highest BCUT2D eigenvalue weighted by atomic mass is 16.4. The zero-order chi connectivity index (χ0) is 18.0. The number of furan rings is 1. The Morgan fingerprint density at radius 3 is 2.80 bits per heavy atom. The molecule has 0 radical (unpaired) electrons. The molecule has 1 aromatic carbocycles. The van der Waals surface area contributed by atoms with E-state index in [0.29, 0.717) is 41.2 Å². The van der Waals surface area contributed by atoms with E-state index >= 15 is 0 Å². The molecule has 3 aromatic rings. The largest absolute Gasteiger partial charge is 0.467 e. The van der Waals surface area contributed by atoms with Crippen molar-refractivity contribution in [2.45, 2.75) is 13.1 Å². The number of oxazole rings is 1. The standard InChI is InChI=1S/C17H20N4O4/c1-20(2)5-6-21-14-8-12(3-4-15(14)25-17(21)23)19-16(22)11-7-13(9-18)24-10-11/h3-4,7-8,10H,5-6,9,18H2,1-2H3,(H,19,22). The minimum Gasteiger partial charge on any atom is -0.467 e. The van der Waals surface area contributed by atoms with Crippen LogP contribution in [-0.2, 0) is 13.1 Å². The van der Waals surface area contributed by atoms with Crippen molar-refractivity contribution in [3.05, 3.63) is 52.4 Å². The molecule has 0 saturated heterocycles. The number of nitrogens with zero attached hydrogens (tertiary/aromatic N) is 2. The topological polar surface area (TPSA) is 107 Å². The molecule has 25 heavy (non-hydrogen) atoms. The van der Waals surface area contributed by atoms with Crippen LogP contribution in [0.15, 0.2) is 44.2 Å². The first-order valence-electron chi connectivity index (χ1n) is 7.85. The fourth-order valence-electron chi connectivity index (χ4n) is 2.46. The third kappa shape index (κ3) is 3.65. The van der Waals surface area contributed by atoms with E-state index in [2.05, 4.69) is 5.32 Å². The van der Waals surface area contributed by atoms with Crippen molar-refractivity contribution in [3.63, 3.8) is 0 Å². The summed E-state index contributed by atoms with van der Waals surface area (Å²) in [5.41, 5.74) is 7.54. The molecule has 2 aromatic heterocycles. The number of aromatic nitrogens is 1. The predicted octanol–water partition coefficient (Wildman–Crippen LogP) is 1.46. The number of hydrogen-bond acceptors (Lipinski definition) is 6. The van der Waals surface area contributed by atoms with Gasteiger partial charge >= 0.3 is 5.76 Å². The second-order valence-electron chi connectivity index (χ2n) is 5.97. The van der Waals surface area contributed by atoms with Crippen molar-refractivity contribution in [2.24, 2.45) is 5.73 Å². The summed E-state index contributed by atoms with van der Waals surface area (Å²) in [5, 5.41) is 2.78. The predicted molar refractivity (Wildman–Crippen MR) is 93.6 cm³/mol. The summed E-state index contributed by atoms with van der Waals surface area (Å²) in [6.45, 7) is 1.42. The van der Waals surface area contributed by atoms with Crippen LogP contribution in [0, 0.1) is 0 Å². The van der Waals surface area contributed by atoms with Crippen LogP contribution in [0.3, 0.4) is 0 Å². The van der Waals surface area contributed by atoms with Crippen molar-refractivity contribution < 1.29 is 13.6 Å². The average Bonchev–Trinajstić information content (AvgIpc) is 3.16. The number of likely N-dealkylation sites (N-methyl/N-ethyl adjacent to an activating group) is 1. The second-order valence-corrected chi connectivity index (χ2v) is 5.97. The number of amides is 1. The van der Waals surface area contributed by atoms with Crippen LogP contribution in [0.4, 0.5) is 5.69 Å². The lowest BCUT2D eigenvalue weighted by molar-refractivity contribution is 0.102. The third-order valence-corrected chi connectivity index (χ3v) is 3.81. The van der Waals surface area contributed by atoms with Crippen LogP contribution in [0.2, 0.25) is 0 Å². The average molecular weight is 344 g/mol. The summed E-state index contributed by atoms with van der Waals surface area (Å²) < 4.78 is 12.0. The number of benzene rings is 1. The number of fused-ring (bicyclic) bond motifs is 1. The fraction of sp³-hybridized carbons (Fsp3) is 0.294. The Balaban J connectivity index is 1.85. The zero-order valence-corrected chi connectivity index (χ0v) is 14.1. The Hall–Kier alpha value is -2.84. The number of hydrogen-bond donors (Lipinski definition) is 2. The van der Waals surface area contributed by atoms with Gasteiger partial charge in [-0.15, -0.1) is 0 Å². The van der Waals surface area contributed by atoms with Gasteiger partial charge in [0, 0.05) is 18.8 Å². The van der Waals surface area contributed by atoms with Gasteiger partial charge in [0.25, 0.3) is 5.91 Å². The van der Waals surface area contributed by atoms with Crippen LogP contribution < -0.4 is 16.8 Å². The summed E-state index contributed by atoms with van der Waals surface area (Å²) in [7, 11) is 3.86. The van der Waals surface area contributed by atoms with Crippen molar-refractivity contribution in [1.82, 2.24) is 9.47 Å². The first-order chi connectivity index (χ1) is 12.0. The Morgan fingerprint density at radius 2 is 2.12 bits per heavy atom. The van der Waals surface area contributed by atoms with Gasteiger partial charge in [0.1, 0.15) is 12.0 Å². The molecule has 0 spiro atoms. The molecular weight excluding hydrogens is 324 g/mol. The van der Waals surface area contributed by atoms with Gasteiger partial charge in [-0.1, -0.05) is 0 Å². The van der Waals surface area contributed by atoms with E-state index in [-0.39, 0.29) is 12.5 Å². The van der Waals surface area contributed by atoms with Crippen molar-refractivity contribution in [3.8, 4) is 0 Å². The quantitative estimate of drug-likeness (QED) is 0.701. The van der Waals surface area contributed by atoms with Gasteiger partial charge in [0.2, 0.25) is 0 Å². The highest BCUT2D eigenvalue weighted by molar-refractivity contribution is 6.04. The van der Waals surface area contributed by atoms with E-state index in [9.17, 15) is 9.59 Å². The SMILES string of the molecule is CN(C)CCn1c(=O)oc2ccc(NC(=O)c3coc(CN)c3)cc21. The normalized spacial score (nSPS) is 11.4. The second kappa shape index (κ2) is 6.96. The minimum atomic E-state index is -0.414. The van der Waals surface area contributed by atoms with Crippen LogP contribution in [0.5, 0.6) is 0 Å². The molecule has 0 saturated carbocycles. The summed E-state index contributed by atoms with van der Waals surface area (Å²) in [6.07, 6.45) is 1.36. The van der Waals surface area contributed by atoms with Gasteiger partial charge in [-0.25, -0.2) is 4.79 Å². The summed E-state index contributed by atoms with van der Waals surface area (Å²) >= 11 is 0. The molecule has 0 bridgehead atoms. The first-order valence-corrected chi connectivity index (χ1v) is 7.85. The van der Waals surface area contributed by atoms with E-state index in [4.69, 9.17) is 14.6 Å². The van der Waals surface area contributed by atoms with E-state index in [1.165, 1.54) is 6.26 Å². The van der Waals surface area contributed by atoms with Gasteiger partial charge in [-0.3, -0.25) is 9.36 Å². The highest BCUT2D eigenvalue weighted by Crippen LogP contribution is 2.19. The third-order valence-electron chi connectivity index (χ3n) is 3.81. The molecule has 0 atom stereocenters. The molecule has 3 N–H and O–H groups in total. The maximum absolute atomic E-state index is 12.3. The molecule has 132 valence electrons. The number of rotatable bonds is 6. The Morgan fingerprint density at radius 1 is 1.32 bits per heavy atom. The van der Waals surface area contributed by atoms with E-state index in [1.807, 2.05) is 19.0 Å². The number of carbonyl (C=O) groups is 1. The molecule has 3 rings (SSSR count). The van der Waals surface area contributed by atoms with Crippen molar-refractivity contribution in [1.29, 1.82) is 0 Å². The highest BCUT2D eigenvalue weighted by Gasteiger charge is 2.13. The molecule has 8 heteroatoms. The number of nitrogens with one attached hydrogen (secondary N) is 1. The lowest BCUT2D eigenvalue weighted by atomic mass is 10.2. The summed E-state index contributed by atoms with van der Waals surface area (Å²) in [6, 6.07) is 6.67. The van der Waals surface area contributed by atoms with Gasteiger partial charge < -0.3 is 24.8 Å². The Labute approximate surface area is 143 Å². The molecule has 0 aliphatic carbocycles. The maximum atomic E-state index is 12.3. The Kier molecular flexibility index (Phi) is 4.73. The number of carbonyl (C=O) groups excluding carboxylic acids is 1. The number of anilines is 1. The smallest absolute Gasteiger partial charge is 0.419 e. The molecule has 0 aliphatic heterocycles. The van der Waals surface area contributed by atoms with Crippen molar-refractivity contribution >= 4 is 22.7 Å². The molecule has 0 aliphatic rings. The Bertz CT molecular complexity index is 951. The maximum Gasteiger partial charge on any atom is 0.419 e. The molecule has 1 amide bonds. The van der Waals surface area contributed by atoms with Gasteiger partial charge in [0.15, 0.2) is 5.58 Å². The molecule has 8 nitrogen and oxygen atoms in total. The van der Waals surface area contributed by atoms with E-state index in [1.54, 1.807) is 28.8 Å². The summed E-state index contributed by atoms with van der Waals surface area (Å²) in [5.74, 6) is -0.191. The van der Waals surface area contributed by atoms with Gasteiger partial charge in [0.05, 0.1) is 17.6 Å². The molecular formula is C17H20N4O4. The van der Waals surface area contributed by atoms with Crippen LogP contribution in [0.1, 0.15) is 16.1 Å². The zero-order valence-electron chi connectivity index (χ0n) is 14.1. The molecule has 0 unspecified atom stereocenters. The van der Waals surface area contributed by atoms with Crippen LogP contribution >= 0.6 is 0 Å².